The van der Waals surface area contributed by atoms with Crippen molar-refractivity contribution in [2.75, 3.05) is 12.4 Å². The maximum absolute atomic E-state index is 12.9. The Hall–Kier alpha value is -2.80. The summed E-state index contributed by atoms with van der Waals surface area (Å²) in [6, 6.07) is 11.6. The summed E-state index contributed by atoms with van der Waals surface area (Å²) >= 11 is 1.43. The molecule has 3 rings (SSSR count). The number of furan rings is 1. The van der Waals surface area contributed by atoms with Crippen LogP contribution in [0.15, 0.2) is 58.0 Å². The minimum Gasteiger partial charge on any atom is -0.467 e. The molecule has 7 heteroatoms. The van der Waals surface area contributed by atoms with Crippen LogP contribution in [-0.4, -0.2) is 28.7 Å². The van der Waals surface area contributed by atoms with Gasteiger partial charge in [0.05, 0.1) is 19.2 Å². The van der Waals surface area contributed by atoms with E-state index >= 15 is 0 Å². The standard InChI is InChI=1S/C22H22FNO4S/c1-15-12-20(16(2)24(15)13-18-4-3-10-27-18)21(25)14-28-22(26)9-11-29-19-7-5-17(23)6-8-19/h3-8,10,12H,9,11,13-14H2,1-2H3. The second kappa shape index (κ2) is 9.60. The van der Waals surface area contributed by atoms with Gasteiger partial charge < -0.3 is 13.7 Å². The van der Waals surface area contributed by atoms with Crippen molar-refractivity contribution in [1.29, 1.82) is 0 Å². The topological polar surface area (TPSA) is 61.4 Å². The molecule has 2 heterocycles. The normalized spacial score (nSPS) is 10.9. The van der Waals surface area contributed by atoms with Gasteiger partial charge in [-0.15, -0.1) is 11.8 Å². The van der Waals surface area contributed by atoms with Crippen molar-refractivity contribution in [2.45, 2.75) is 31.7 Å². The van der Waals surface area contributed by atoms with Crippen LogP contribution in [0.1, 0.15) is 33.9 Å². The summed E-state index contributed by atoms with van der Waals surface area (Å²) in [6.45, 7) is 4.04. The monoisotopic (exact) mass is 415 g/mol. The highest BCUT2D eigenvalue weighted by atomic mass is 32.2. The lowest BCUT2D eigenvalue weighted by Gasteiger charge is -2.08. The number of ether oxygens (including phenoxy) is 1. The predicted molar refractivity (Wildman–Crippen MR) is 109 cm³/mol. The highest BCUT2D eigenvalue weighted by Crippen LogP contribution is 2.20. The van der Waals surface area contributed by atoms with Crippen LogP contribution in [0.5, 0.6) is 0 Å². The lowest BCUT2D eigenvalue weighted by atomic mass is 10.1. The number of halogens is 1. The third kappa shape index (κ3) is 5.60. The Kier molecular flexibility index (Phi) is 6.93. The average molecular weight is 415 g/mol. The number of aromatic nitrogens is 1. The molecule has 0 saturated heterocycles. The second-order valence-electron chi connectivity index (χ2n) is 6.59. The number of nitrogens with zero attached hydrogens (tertiary/aromatic N) is 1. The van der Waals surface area contributed by atoms with E-state index in [0.717, 1.165) is 22.0 Å². The summed E-state index contributed by atoms with van der Waals surface area (Å²) in [5.74, 6) is 0.336. The van der Waals surface area contributed by atoms with Crippen LogP contribution < -0.4 is 0 Å². The number of carbonyl (C=O) groups is 2. The third-order valence-electron chi connectivity index (χ3n) is 4.52. The van der Waals surface area contributed by atoms with Crippen molar-refractivity contribution < 1.29 is 23.1 Å². The summed E-state index contributed by atoms with van der Waals surface area (Å²) in [6.07, 6.45) is 1.79. The number of esters is 1. The number of hydrogen-bond acceptors (Lipinski definition) is 5. The number of aryl methyl sites for hydroxylation is 1. The van der Waals surface area contributed by atoms with Gasteiger partial charge in [-0.25, -0.2) is 4.39 Å². The van der Waals surface area contributed by atoms with Gasteiger partial charge >= 0.3 is 5.97 Å². The molecule has 5 nitrogen and oxygen atoms in total. The first-order chi connectivity index (χ1) is 13.9. The molecule has 0 fully saturated rings. The number of hydrogen-bond donors (Lipinski definition) is 0. The summed E-state index contributed by atoms with van der Waals surface area (Å²) < 4.78 is 25.4. The van der Waals surface area contributed by atoms with E-state index in [1.54, 1.807) is 24.5 Å². The van der Waals surface area contributed by atoms with Gasteiger partial charge in [0.2, 0.25) is 5.78 Å². The lowest BCUT2D eigenvalue weighted by Crippen LogP contribution is -2.15. The minimum atomic E-state index is -0.433. The first-order valence-electron chi connectivity index (χ1n) is 9.20. The van der Waals surface area contributed by atoms with E-state index in [9.17, 15) is 14.0 Å². The highest BCUT2D eigenvalue weighted by molar-refractivity contribution is 7.99. The van der Waals surface area contributed by atoms with Gasteiger partial charge in [-0.3, -0.25) is 9.59 Å². The van der Waals surface area contributed by atoms with E-state index < -0.39 is 5.97 Å². The van der Waals surface area contributed by atoms with Gasteiger partial charge in [-0.2, -0.15) is 0 Å². The maximum Gasteiger partial charge on any atom is 0.307 e. The number of rotatable bonds is 9. The molecule has 0 unspecified atom stereocenters. The van der Waals surface area contributed by atoms with Gasteiger partial charge in [-0.1, -0.05) is 0 Å². The maximum atomic E-state index is 12.9. The number of benzene rings is 1. The Bertz CT molecular complexity index is 977. The van der Waals surface area contributed by atoms with Crippen molar-refractivity contribution in [3.8, 4) is 0 Å². The molecule has 0 amide bonds. The molecular weight excluding hydrogens is 393 g/mol. The third-order valence-corrected chi connectivity index (χ3v) is 5.53. The zero-order valence-electron chi connectivity index (χ0n) is 16.3. The molecule has 0 aliphatic carbocycles. The fourth-order valence-corrected chi connectivity index (χ4v) is 3.80. The summed E-state index contributed by atoms with van der Waals surface area (Å²) in [5.41, 5.74) is 2.29. The molecule has 0 radical (unpaired) electrons. The Labute approximate surface area is 172 Å². The molecule has 0 spiro atoms. The molecule has 3 aromatic rings. The number of Topliss-reactive ketones (excluding diaryl/α,β-unsaturated/α-hetero) is 1. The van der Waals surface area contributed by atoms with E-state index in [2.05, 4.69) is 0 Å². The Morgan fingerprint density at radius 3 is 2.62 bits per heavy atom. The van der Waals surface area contributed by atoms with Crippen LogP contribution in [0, 0.1) is 19.7 Å². The molecular formula is C22H22FNO4S. The quantitative estimate of drug-likeness (QED) is 0.286. The van der Waals surface area contributed by atoms with Crippen LogP contribution >= 0.6 is 11.8 Å². The molecule has 2 aromatic heterocycles. The first kappa shape index (κ1) is 20.9. The van der Waals surface area contributed by atoms with Gasteiger partial charge in [0, 0.05) is 27.6 Å². The van der Waals surface area contributed by atoms with Crippen LogP contribution in [0.25, 0.3) is 0 Å². The fraction of sp³-hybridized carbons (Fsp3) is 0.273. The summed E-state index contributed by atoms with van der Waals surface area (Å²) in [7, 11) is 0. The van der Waals surface area contributed by atoms with Crippen molar-refractivity contribution in [3.05, 3.63) is 77.3 Å². The largest absolute Gasteiger partial charge is 0.467 e. The van der Waals surface area contributed by atoms with Gasteiger partial charge in [-0.05, 0) is 56.3 Å². The van der Waals surface area contributed by atoms with Crippen LogP contribution in [-0.2, 0) is 16.1 Å². The van der Waals surface area contributed by atoms with E-state index in [1.165, 1.54) is 23.9 Å². The molecule has 0 atom stereocenters. The number of thioether (sulfide) groups is 1. The molecule has 0 aliphatic heterocycles. The van der Waals surface area contributed by atoms with E-state index in [0.29, 0.717) is 17.9 Å². The molecule has 0 N–H and O–H groups in total. The van der Waals surface area contributed by atoms with Crippen LogP contribution in [0.2, 0.25) is 0 Å². The van der Waals surface area contributed by atoms with Gasteiger partial charge in [0.15, 0.2) is 6.61 Å². The highest BCUT2D eigenvalue weighted by Gasteiger charge is 2.18. The van der Waals surface area contributed by atoms with Crippen molar-refractivity contribution in [3.63, 3.8) is 0 Å². The molecule has 0 bridgehead atoms. The van der Waals surface area contributed by atoms with Gasteiger partial charge in [0.1, 0.15) is 11.6 Å². The van der Waals surface area contributed by atoms with E-state index in [-0.39, 0.29) is 24.6 Å². The Balaban J connectivity index is 1.48. The minimum absolute atomic E-state index is 0.173. The first-order valence-corrected chi connectivity index (χ1v) is 10.2. The second-order valence-corrected chi connectivity index (χ2v) is 7.75. The molecule has 1 aromatic carbocycles. The van der Waals surface area contributed by atoms with Gasteiger partial charge in [0.25, 0.3) is 0 Å². The predicted octanol–water partition coefficient (Wildman–Crippen LogP) is 4.79. The molecule has 0 aliphatic rings. The molecule has 0 saturated carbocycles. The van der Waals surface area contributed by atoms with Crippen molar-refractivity contribution in [2.24, 2.45) is 0 Å². The SMILES string of the molecule is Cc1cc(C(=O)COC(=O)CCSc2ccc(F)cc2)c(C)n1Cc1ccco1. The van der Waals surface area contributed by atoms with Crippen molar-refractivity contribution >= 4 is 23.5 Å². The Morgan fingerprint density at radius 1 is 1.17 bits per heavy atom. The molecule has 29 heavy (non-hydrogen) atoms. The number of carbonyl (C=O) groups excluding carboxylic acids is 2. The van der Waals surface area contributed by atoms with Crippen LogP contribution in [0.3, 0.4) is 0 Å². The average Bonchev–Trinajstić information content (AvgIpc) is 3.31. The number of ketones is 1. The van der Waals surface area contributed by atoms with E-state index in [1.807, 2.05) is 30.5 Å². The Morgan fingerprint density at radius 2 is 1.93 bits per heavy atom. The van der Waals surface area contributed by atoms with E-state index in [4.69, 9.17) is 9.15 Å². The summed E-state index contributed by atoms with van der Waals surface area (Å²) in [5, 5.41) is 0. The fourth-order valence-electron chi connectivity index (χ4n) is 2.96. The zero-order chi connectivity index (χ0) is 20.8. The smallest absolute Gasteiger partial charge is 0.307 e. The summed E-state index contributed by atoms with van der Waals surface area (Å²) in [4.78, 5) is 25.3. The van der Waals surface area contributed by atoms with Crippen LogP contribution in [0.4, 0.5) is 4.39 Å². The van der Waals surface area contributed by atoms with Crippen molar-refractivity contribution in [1.82, 2.24) is 4.57 Å². The molecule has 152 valence electrons. The lowest BCUT2D eigenvalue weighted by molar-refractivity contribution is -0.141. The zero-order valence-corrected chi connectivity index (χ0v) is 17.1.